The average molecular weight is 310 g/mol. The van der Waals surface area contributed by atoms with Gasteiger partial charge in [0.1, 0.15) is 0 Å². The Morgan fingerprint density at radius 3 is 2.94 bits per heavy atom. The van der Waals surface area contributed by atoms with Crippen LogP contribution >= 0.6 is 15.9 Å². The Bertz CT molecular complexity index is 471. The number of anilines is 1. The van der Waals surface area contributed by atoms with Gasteiger partial charge in [-0.05, 0) is 40.9 Å². The maximum Gasteiger partial charge on any atom is 0.196 e. The first kappa shape index (κ1) is 12.0. The SMILES string of the molecule is NC1=NCC(C2CCCO2)N1c1ccccc1Br. The average Bonchev–Trinajstić information content (AvgIpc) is 2.99. The normalized spacial score (nSPS) is 27.6. The van der Waals surface area contributed by atoms with Crippen LogP contribution in [0, 0.1) is 0 Å². The summed E-state index contributed by atoms with van der Waals surface area (Å²) in [6.45, 7) is 1.57. The van der Waals surface area contributed by atoms with E-state index in [1.807, 2.05) is 18.2 Å². The number of rotatable bonds is 2. The van der Waals surface area contributed by atoms with Crippen molar-refractivity contribution in [1.29, 1.82) is 0 Å². The Hall–Kier alpha value is -1.07. The standard InChI is InChI=1S/C13H16BrN3O/c14-9-4-1-2-5-10(9)17-11(8-16-13(17)15)12-6-3-7-18-12/h1-2,4-5,11-12H,3,6-8H2,(H2,15,16). The molecule has 2 aliphatic rings. The number of guanidine groups is 1. The quantitative estimate of drug-likeness (QED) is 0.910. The van der Waals surface area contributed by atoms with Gasteiger partial charge >= 0.3 is 0 Å². The lowest BCUT2D eigenvalue weighted by molar-refractivity contribution is 0.0947. The van der Waals surface area contributed by atoms with Crippen molar-refractivity contribution in [1.82, 2.24) is 0 Å². The monoisotopic (exact) mass is 309 g/mol. The molecule has 18 heavy (non-hydrogen) atoms. The maximum absolute atomic E-state index is 6.04. The molecule has 3 rings (SSSR count). The van der Waals surface area contributed by atoms with Crippen LogP contribution in [0.1, 0.15) is 12.8 Å². The zero-order valence-corrected chi connectivity index (χ0v) is 11.6. The van der Waals surface area contributed by atoms with Gasteiger partial charge in [-0.3, -0.25) is 4.99 Å². The summed E-state index contributed by atoms with van der Waals surface area (Å²) in [5.74, 6) is 0.586. The van der Waals surface area contributed by atoms with E-state index < -0.39 is 0 Å². The Kier molecular flexibility index (Phi) is 3.26. The molecule has 0 radical (unpaired) electrons. The lowest BCUT2D eigenvalue weighted by atomic mass is 10.1. The first-order valence-electron chi connectivity index (χ1n) is 6.22. The molecule has 2 aliphatic heterocycles. The van der Waals surface area contributed by atoms with E-state index in [0.29, 0.717) is 5.96 Å². The highest BCUT2D eigenvalue weighted by atomic mass is 79.9. The number of hydrogen-bond donors (Lipinski definition) is 1. The van der Waals surface area contributed by atoms with Gasteiger partial charge in [0.25, 0.3) is 0 Å². The Labute approximate surface area is 115 Å². The summed E-state index contributed by atoms with van der Waals surface area (Å²) < 4.78 is 6.83. The molecule has 5 heteroatoms. The fourth-order valence-corrected chi connectivity index (χ4v) is 3.13. The van der Waals surface area contributed by atoms with Gasteiger partial charge in [-0.15, -0.1) is 0 Å². The zero-order valence-electron chi connectivity index (χ0n) is 10.1. The summed E-state index contributed by atoms with van der Waals surface area (Å²) >= 11 is 3.58. The summed E-state index contributed by atoms with van der Waals surface area (Å²) in [4.78, 5) is 6.48. The van der Waals surface area contributed by atoms with Crippen LogP contribution in [0.15, 0.2) is 33.7 Å². The number of halogens is 1. The van der Waals surface area contributed by atoms with Gasteiger partial charge in [0.05, 0.1) is 24.4 Å². The fraction of sp³-hybridized carbons (Fsp3) is 0.462. The Morgan fingerprint density at radius 2 is 2.22 bits per heavy atom. The van der Waals surface area contributed by atoms with Gasteiger partial charge in [-0.25, -0.2) is 0 Å². The molecule has 1 aromatic carbocycles. The number of nitrogens with zero attached hydrogens (tertiary/aromatic N) is 2. The van der Waals surface area contributed by atoms with Gasteiger partial charge in [-0.2, -0.15) is 0 Å². The van der Waals surface area contributed by atoms with Crippen LogP contribution in [0.3, 0.4) is 0 Å². The van der Waals surface area contributed by atoms with E-state index in [1.54, 1.807) is 0 Å². The van der Waals surface area contributed by atoms with Crippen LogP contribution in [-0.2, 0) is 4.74 Å². The molecule has 2 unspecified atom stereocenters. The van der Waals surface area contributed by atoms with Crippen molar-refractivity contribution in [3.8, 4) is 0 Å². The van der Waals surface area contributed by atoms with Crippen molar-refractivity contribution in [3.05, 3.63) is 28.7 Å². The summed E-state index contributed by atoms with van der Waals surface area (Å²) in [5.41, 5.74) is 7.10. The number of nitrogens with two attached hydrogens (primary N) is 1. The summed E-state index contributed by atoms with van der Waals surface area (Å²) in [6, 6.07) is 8.31. The van der Waals surface area contributed by atoms with E-state index in [-0.39, 0.29) is 12.1 Å². The van der Waals surface area contributed by atoms with Crippen LogP contribution in [-0.4, -0.2) is 31.3 Å². The summed E-state index contributed by atoms with van der Waals surface area (Å²) in [7, 11) is 0. The lowest BCUT2D eigenvalue weighted by Crippen LogP contribution is -2.47. The molecule has 2 heterocycles. The van der Waals surface area contributed by atoms with Gasteiger partial charge in [-0.1, -0.05) is 12.1 Å². The molecule has 4 nitrogen and oxygen atoms in total. The molecule has 96 valence electrons. The largest absolute Gasteiger partial charge is 0.376 e. The van der Waals surface area contributed by atoms with E-state index in [0.717, 1.165) is 36.2 Å². The molecule has 2 atom stereocenters. The summed E-state index contributed by atoms with van der Waals surface area (Å²) in [6.07, 6.45) is 2.46. The van der Waals surface area contributed by atoms with Crippen molar-refractivity contribution in [2.45, 2.75) is 25.0 Å². The number of benzene rings is 1. The van der Waals surface area contributed by atoms with Gasteiger partial charge in [0, 0.05) is 11.1 Å². The highest BCUT2D eigenvalue weighted by molar-refractivity contribution is 9.10. The molecule has 1 aromatic rings. The fourth-order valence-electron chi connectivity index (χ4n) is 2.65. The minimum atomic E-state index is 0.228. The molecule has 0 saturated carbocycles. The molecule has 0 spiro atoms. The highest BCUT2D eigenvalue weighted by Crippen LogP contribution is 2.32. The van der Waals surface area contributed by atoms with E-state index in [2.05, 4.69) is 31.9 Å². The van der Waals surface area contributed by atoms with Crippen LogP contribution in [0.2, 0.25) is 0 Å². The highest BCUT2D eigenvalue weighted by Gasteiger charge is 2.36. The first-order valence-corrected chi connectivity index (χ1v) is 7.02. The van der Waals surface area contributed by atoms with Crippen LogP contribution < -0.4 is 10.6 Å². The molecular formula is C13H16BrN3O. The number of para-hydroxylation sites is 1. The molecule has 2 N–H and O–H groups in total. The topological polar surface area (TPSA) is 50.9 Å². The second-order valence-electron chi connectivity index (χ2n) is 4.64. The maximum atomic E-state index is 6.04. The smallest absolute Gasteiger partial charge is 0.196 e. The molecule has 0 aliphatic carbocycles. The van der Waals surface area contributed by atoms with E-state index in [9.17, 15) is 0 Å². The van der Waals surface area contributed by atoms with Crippen molar-refractivity contribution >= 4 is 27.6 Å². The van der Waals surface area contributed by atoms with Crippen molar-refractivity contribution in [2.24, 2.45) is 10.7 Å². The molecule has 0 bridgehead atoms. The van der Waals surface area contributed by atoms with Gasteiger partial charge < -0.3 is 15.4 Å². The van der Waals surface area contributed by atoms with E-state index in [1.165, 1.54) is 0 Å². The van der Waals surface area contributed by atoms with Gasteiger partial charge in [0.2, 0.25) is 0 Å². The second-order valence-corrected chi connectivity index (χ2v) is 5.49. The molecule has 1 saturated heterocycles. The third kappa shape index (κ3) is 2.01. The third-order valence-corrected chi connectivity index (χ3v) is 4.20. The van der Waals surface area contributed by atoms with Crippen molar-refractivity contribution < 1.29 is 4.74 Å². The minimum absolute atomic E-state index is 0.228. The summed E-state index contributed by atoms with van der Waals surface area (Å²) in [5, 5.41) is 0. The van der Waals surface area contributed by atoms with Crippen LogP contribution in [0.5, 0.6) is 0 Å². The Balaban J connectivity index is 1.92. The first-order chi connectivity index (χ1) is 8.77. The van der Waals surface area contributed by atoms with Gasteiger partial charge in [0.15, 0.2) is 5.96 Å². The molecule has 1 fully saturated rings. The van der Waals surface area contributed by atoms with Crippen LogP contribution in [0.25, 0.3) is 0 Å². The van der Waals surface area contributed by atoms with Crippen molar-refractivity contribution in [2.75, 3.05) is 18.1 Å². The number of hydrogen-bond acceptors (Lipinski definition) is 4. The zero-order chi connectivity index (χ0) is 12.5. The molecule has 0 aromatic heterocycles. The van der Waals surface area contributed by atoms with Crippen LogP contribution in [0.4, 0.5) is 5.69 Å². The van der Waals surface area contributed by atoms with E-state index >= 15 is 0 Å². The molecule has 0 amide bonds. The predicted octanol–water partition coefficient (Wildman–Crippen LogP) is 2.13. The van der Waals surface area contributed by atoms with Crippen molar-refractivity contribution in [3.63, 3.8) is 0 Å². The number of aliphatic imine (C=N–C) groups is 1. The van der Waals surface area contributed by atoms with E-state index in [4.69, 9.17) is 10.5 Å². The minimum Gasteiger partial charge on any atom is -0.376 e. The second kappa shape index (κ2) is 4.90. The molecular weight excluding hydrogens is 294 g/mol. The third-order valence-electron chi connectivity index (χ3n) is 3.52. The number of ether oxygens (including phenoxy) is 1. The Morgan fingerprint density at radius 1 is 1.39 bits per heavy atom. The predicted molar refractivity (Wildman–Crippen MR) is 75.9 cm³/mol. The lowest BCUT2D eigenvalue weighted by Gasteiger charge is -2.30.